The summed E-state index contributed by atoms with van der Waals surface area (Å²) < 4.78 is 28.2. The highest BCUT2D eigenvalue weighted by Gasteiger charge is 2.37. The van der Waals surface area contributed by atoms with Gasteiger partial charge in [-0.25, -0.2) is 8.42 Å². The topological polar surface area (TPSA) is 55.4 Å². The van der Waals surface area contributed by atoms with E-state index in [4.69, 9.17) is 4.74 Å². The van der Waals surface area contributed by atoms with Crippen molar-refractivity contribution in [3.63, 3.8) is 0 Å². The van der Waals surface area contributed by atoms with Crippen LogP contribution in [0.4, 0.5) is 0 Å². The summed E-state index contributed by atoms with van der Waals surface area (Å²) in [4.78, 5) is 0. The Kier molecular flexibility index (Phi) is 4.34. The van der Waals surface area contributed by atoms with Crippen LogP contribution in [0.5, 0.6) is 0 Å². The smallest absolute Gasteiger partial charge is 0.150 e. The molecule has 2 fully saturated rings. The minimum atomic E-state index is -2.73. The summed E-state index contributed by atoms with van der Waals surface area (Å²) in [6.07, 6.45) is 3.99. The predicted molar refractivity (Wildman–Crippen MR) is 72.4 cm³/mol. The van der Waals surface area contributed by atoms with Crippen molar-refractivity contribution >= 4 is 9.84 Å². The third-order valence-corrected chi connectivity index (χ3v) is 6.22. The first-order valence-corrected chi connectivity index (χ1v) is 8.71. The van der Waals surface area contributed by atoms with Crippen molar-refractivity contribution in [1.29, 1.82) is 0 Å². The lowest BCUT2D eigenvalue weighted by Crippen LogP contribution is -2.53. The van der Waals surface area contributed by atoms with E-state index in [9.17, 15) is 8.42 Å². The van der Waals surface area contributed by atoms with E-state index in [0.29, 0.717) is 23.3 Å². The second-order valence-electron chi connectivity index (χ2n) is 6.16. The molecule has 0 saturated carbocycles. The van der Waals surface area contributed by atoms with Gasteiger partial charge in [0.25, 0.3) is 0 Å². The lowest BCUT2D eigenvalue weighted by atomic mass is 9.75. The van der Waals surface area contributed by atoms with Gasteiger partial charge in [0, 0.05) is 12.6 Å². The molecule has 1 N–H and O–H groups in total. The zero-order valence-corrected chi connectivity index (χ0v) is 12.3. The first kappa shape index (κ1) is 14.3. The molecule has 0 aliphatic carbocycles. The number of nitrogens with one attached hydrogen (secondary N) is 1. The number of ether oxygens (including phenoxy) is 1. The van der Waals surface area contributed by atoms with Crippen LogP contribution in [0.2, 0.25) is 0 Å². The summed E-state index contributed by atoms with van der Waals surface area (Å²) in [5, 5.41) is 3.54. The van der Waals surface area contributed by atoms with Gasteiger partial charge in [-0.2, -0.15) is 0 Å². The fourth-order valence-corrected chi connectivity index (χ4v) is 5.05. The molecule has 106 valence electrons. The SMILES string of the molecule is COCC1(C)CC(C2CCS(=O)(=O)CC2)CCN1. The first-order chi connectivity index (χ1) is 8.44. The van der Waals surface area contributed by atoms with Crippen molar-refractivity contribution in [3.8, 4) is 0 Å². The Morgan fingerprint density at radius 1 is 1.22 bits per heavy atom. The highest BCUT2D eigenvalue weighted by molar-refractivity contribution is 7.91. The van der Waals surface area contributed by atoms with Crippen LogP contribution >= 0.6 is 0 Å². The summed E-state index contributed by atoms with van der Waals surface area (Å²) in [6.45, 7) is 3.96. The van der Waals surface area contributed by atoms with Crippen molar-refractivity contribution in [2.24, 2.45) is 11.8 Å². The van der Waals surface area contributed by atoms with Gasteiger partial charge in [0.2, 0.25) is 0 Å². The molecule has 18 heavy (non-hydrogen) atoms. The average Bonchev–Trinajstić information content (AvgIpc) is 2.28. The molecule has 2 aliphatic heterocycles. The Hall–Kier alpha value is -0.130. The predicted octanol–water partition coefficient (Wildman–Crippen LogP) is 1.22. The van der Waals surface area contributed by atoms with E-state index < -0.39 is 9.84 Å². The van der Waals surface area contributed by atoms with Gasteiger partial charge in [0.1, 0.15) is 9.84 Å². The molecule has 2 heterocycles. The van der Waals surface area contributed by atoms with E-state index in [0.717, 1.165) is 32.4 Å². The largest absolute Gasteiger partial charge is 0.383 e. The second kappa shape index (κ2) is 5.47. The lowest BCUT2D eigenvalue weighted by molar-refractivity contribution is 0.0667. The van der Waals surface area contributed by atoms with Gasteiger partial charge in [-0.05, 0) is 51.0 Å². The summed E-state index contributed by atoms with van der Waals surface area (Å²) in [5.41, 5.74) is 0.0635. The quantitative estimate of drug-likeness (QED) is 0.841. The Bertz CT molecular complexity index is 364. The van der Waals surface area contributed by atoms with Crippen LogP contribution in [0.3, 0.4) is 0 Å². The van der Waals surface area contributed by atoms with Gasteiger partial charge in [-0.15, -0.1) is 0 Å². The Balaban J connectivity index is 1.93. The van der Waals surface area contributed by atoms with Crippen molar-refractivity contribution in [2.45, 2.75) is 38.1 Å². The third kappa shape index (κ3) is 3.45. The zero-order valence-electron chi connectivity index (χ0n) is 11.4. The molecule has 2 rings (SSSR count). The van der Waals surface area contributed by atoms with Crippen molar-refractivity contribution in [2.75, 3.05) is 31.8 Å². The van der Waals surface area contributed by atoms with Crippen molar-refractivity contribution < 1.29 is 13.2 Å². The molecule has 0 aromatic rings. The highest BCUT2D eigenvalue weighted by atomic mass is 32.2. The molecular weight excluding hydrogens is 250 g/mol. The molecule has 2 saturated heterocycles. The van der Waals surface area contributed by atoms with E-state index in [2.05, 4.69) is 12.2 Å². The fraction of sp³-hybridized carbons (Fsp3) is 1.00. The van der Waals surface area contributed by atoms with Gasteiger partial charge in [-0.1, -0.05) is 0 Å². The van der Waals surface area contributed by atoms with Gasteiger partial charge in [0.15, 0.2) is 0 Å². The Morgan fingerprint density at radius 2 is 1.89 bits per heavy atom. The third-order valence-electron chi connectivity index (χ3n) is 4.51. The van der Waals surface area contributed by atoms with Crippen LogP contribution in [0.1, 0.15) is 32.6 Å². The first-order valence-electron chi connectivity index (χ1n) is 6.88. The summed E-state index contributed by atoms with van der Waals surface area (Å²) in [7, 11) is -0.994. The molecule has 0 aromatic heterocycles. The maximum absolute atomic E-state index is 11.5. The van der Waals surface area contributed by atoms with Gasteiger partial charge in [0.05, 0.1) is 18.1 Å². The molecule has 4 nitrogen and oxygen atoms in total. The van der Waals surface area contributed by atoms with Crippen molar-refractivity contribution in [1.82, 2.24) is 5.32 Å². The Labute approximate surface area is 110 Å². The molecule has 0 radical (unpaired) electrons. The minimum absolute atomic E-state index is 0.0635. The van der Waals surface area contributed by atoms with E-state index in [-0.39, 0.29) is 5.54 Å². The molecule has 0 aromatic carbocycles. The number of sulfone groups is 1. The number of methoxy groups -OCH3 is 1. The second-order valence-corrected chi connectivity index (χ2v) is 8.47. The van der Waals surface area contributed by atoms with Crippen LogP contribution in [0.25, 0.3) is 0 Å². The number of hydrogen-bond acceptors (Lipinski definition) is 4. The van der Waals surface area contributed by atoms with Gasteiger partial charge >= 0.3 is 0 Å². The van der Waals surface area contributed by atoms with E-state index in [1.807, 2.05) is 0 Å². The summed E-state index contributed by atoms with van der Waals surface area (Å²) in [5.74, 6) is 2.03. The molecule has 0 spiro atoms. The summed E-state index contributed by atoms with van der Waals surface area (Å²) in [6, 6.07) is 0. The minimum Gasteiger partial charge on any atom is -0.383 e. The molecular formula is C13H25NO3S. The standard InChI is InChI=1S/C13H25NO3S/c1-13(10-17-2)9-12(3-6-14-13)11-4-7-18(15,16)8-5-11/h11-12,14H,3-10H2,1-2H3. The molecule has 0 bridgehead atoms. The molecule has 5 heteroatoms. The molecule has 2 atom stereocenters. The highest BCUT2D eigenvalue weighted by Crippen LogP contribution is 2.36. The number of hydrogen-bond donors (Lipinski definition) is 1. The van der Waals surface area contributed by atoms with Gasteiger partial charge < -0.3 is 10.1 Å². The zero-order chi connectivity index (χ0) is 13.2. The van der Waals surface area contributed by atoms with E-state index in [1.54, 1.807) is 7.11 Å². The van der Waals surface area contributed by atoms with E-state index in [1.165, 1.54) is 6.42 Å². The normalized spacial score (nSPS) is 37.6. The molecule has 2 unspecified atom stereocenters. The maximum atomic E-state index is 11.5. The van der Waals surface area contributed by atoms with Crippen LogP contribution in [0, 0.1) is 11.8 Å². The molecule has 2 aliphatic rings. The van der Waals surface area contributed by atoms with Crippen LogP contribution in [-0.2, 0) is 14.6 Å². The van der Waals surface area contributed by atoms with Crippen molar-refractivity contribution in [3.05, 3.63) is 0 Å². The Morgan fingerprint density at radius 3 is 2.50 bits per heavy atom. The van der Waals surface area contributed by atoms with Crippen LogP contribution < -0.4 is 5.32 Å². The van der Waals surface area contributed by atoms with Gasteiger partial charge in [-0.3, -0.25) is 0 Å². The molecule has 0 amide bonds. The lowest BCUT2D eigenvalue weighted by Gasteiger charge is -2.42. The number of rotatable bonds is 3. The van der Waals surface area contributed by atoms with Crippen LogP contribution in [-0.4, -0.2) is 45.7 Å². The fourth-order valence-electron chi connectivity index (χ4n) is 3.52. The van der Waals surface area contributed by atoms with E-state index >= 15 is 0 Å². The monoisotopic (exact) mass is 275 g/mol. The average molecular weight is 275 g/mol. The number of piperidine rings is 1. The summed E-state index contributed by atoms with van der Waals surface area (Å²) >= 11 is 0. The maximum Gasteiger partial charge on any atom is 0.150 e. The van der Waals surface area contributed by atoms with Crippen LogP contribution in [0.15, 0.2) is 0 Å².